The molecule has 0 bridgehead atoms. The molecule has 10 atom stereocenters. The summed E-state index contributed by atoms with van der Waals surface area (Å²) in [6.07, 6.45) is 13.4. The molecule has 0 aliphatic heterocycles. The number of allylic oxidation sites excluding steroid dienone is 2. The molecule has 4 rings (SSSR count). The van der Waals surface area contributed by atoms with Crippen LogP contribution in [0.2, 0.25) is 0 Å². The first-order valence-corrected chi connectivity index (χ1v) is 13.0. The molecule has 170 valence electrons. The molecule has 2 heteroatoms. The lowest BCUT2D eigenvalue weighted by atomic mass is 9.44. The number of ketones is 1. The second-order valence-corrected chi connectivity index (χ2v) is 12.6. The van der Waals surface area contributed by atoms with E-state index in [9.17, 15) is 9.90 Å². The van der Waals surface area contributed by atoms with Crippen LogP contribution in [0, 0.1) is 58.2 Å². The second-order valence-electron chi connectivity index (χ2n) is 12.6. The smallest absolute Gasteiger partial charge is 0.136 e. The molecule has 2 unspecified atom stereocenters. The van der Waals surface area contributed by atoms with Gasteiger partial charge in [0.05, 0.1) is 6.10 Å². The first-order valence-electron chi connectivity index (χ1n) is 13.0. The molecule has 0 spiro atoms. The molecule has 0 saturated heterocycles. The third-order valence-electron chi connectivity index (χ3n) is 10.8. The van der Waals surface area contributed by atoms with Crippen LogP contribution in [0.25, 0.3) is 0 Å². The third-order valence-corrected chi connectivity index (χ3v) is 10.8. The van der Waals surface area contributed by atoms with E-state index >= 15 is 0 Å². The van der Waals surface area contributed by atoms with E-state index in [4.69, 9.17) is 0 Å². The maximum Gasteiger partial charge on any atom is 0.136 e. The Kier molecular flexibility index (Phi) is 6.06. The number of aliphatic hydroxyl groups is 1. The fourth-order valence-electron chi connectivity index (χ4n) is 8.76. The van der Waals surface area contributed by atoms with Crippen LogP contribution in [0.5, 0.6) is 0 Å². The molecule has 0 aromatic carbocycles. The average Bonchev–Trinajstić information content (AvgIpc) is 3.02. The van der Waals surface area contributed by atoms with Crippen molar-refractivity contribution in [1.82, 2.24) is 0 Å². The first kappa shape index (κ1) is 22.6. The maximum absolute atomic E-state index is 13.3. The Balaban J connectivity index is 1.55. The van der Waals surface area contributed by atoms with Crippen molar-refractivity contribution < 1.29 is 9.90 Å². The molecule has 0 heterocycles. The second kappa shape index (κ2) is 8.05. The molecule has 2 nitrogen and oxygen atoms in total. The molecule has 0 radical (unpaired) electrons. The molecular weight excluding hydrogens is 368 g/mol. The van der Waals surface area contributed by atoms with Crippen molar-refractivity contribution in [3.63, 3.8) is 0 Å². The zero-order valence-electron chi connectivity index (χ0n) is 20.4. The van der Waals surface area contributed by atoms with E-state index in [0.717, 1.165) is 31.6 Å². The van der Waals surface area contributed by atoms with Crippen LogP contribution in [0.4, 0.5) is 0 Å². The predicted molar refractivity (Wildman–Crippen MR) is 124 cm³/mol. The van der Waals surface area contributed by atoms with Crippen LogP contribution in [0.15, 0.2) is 12.2 Å². The van der Waals surface area contributed by atoms with E-state index in [1.165, 1.54) is 25.7 Å². The monoisotopic (exact) mass is 414 g/mol. The molecule has 4 aliphatic rings. The van der Waals surface area contributed by atoms with Crippen LogP contribution in [-0.2, 0) is 4.79 Å². The first-order chi connectivity index (χ1) is 14.1. The van der Waals surface area contributed by atoms with Crippen LogP contribution in [0.3, 0.4) is 0 Å². The summed E-state index contributed by atoms with van der Waals surface area (Å²) in [6.45, 7) is 14.3. The minimum atomic E-state index is -0.199. The zero-order valence-corrected chi connectivity index (χ0v) is 20.4. The summed E-state index contributed by atoms with van der Waals surface area (Å²) in [5.41, 5.74) is 0.415. The Morgan fingerprint density at radius 1 is 0.933 bits per heavy atom. The van der Waals surface area contributed by atoms with E-state index in [1.54, 1.807) is 0 Å². The van der Waals surface area contributed by atoms with Crippen LogP contribution < -0.4 is 0 Å². The van der Waals surface area contributed by atoms with Gasteiger partial charge < -0.3 is 5.11 Å². The Hall–Kier alpha value is -0.630. The largest absolute Gasteiger partial charge is 0.393 e. The number of rotatable bonds is 4. The van der Waals surface area contributed by atoms with E-state index in [-0.39, 0.29) is 17.4 Å². The lowest BCUT2D eigenvalue weighted by Crippen LogP contribution is -2.57. The van der Waals surface area contributed by atoms with Crippen molar-refractivity contribution in [3.05, 3.63) is 12.2 Å². The Morgan fingerprint density at radius 3 is 2.33 bits per heavy atom. The Morgan fingerprint density at radius 2 is 1.63 bits per heavy atom. The van der Waals surface area contributed by atoms with E-state index in [2.05, 4.69) is 53.7 Å². The van der Waals surface area contributed by atoms with E-state index < -0.39 is 0 Å². The van der Waals surface area contributed by atoms with E-state index in [1.807, 2.05) is 0 Å². The SMILES string of the molecule is CC(C)C(C)/C=C/C(C)[C@H]1CC[C@H]2[C@@H]3CC(=O)[C@H]4CC[C@H](O)C[C@]4(C)[C@H]3CC[C@]12C. The van der Waals surface area contributed by atoms with E-state index in [0.29, 0.717) is 46.7 Å². The molecule has 4 aliphatic carbocycles. The quantitative estimate of drug-likeness (QED) is 0.522. The number of hydrogen-bond acceptors (Lipinski definition) is 2. The minimum Gasteiger partial charge on any atom is -0.393 e. The molecule has 0 aromatic rings. The summed E-state index contributed by atoms with van der Waals surface area (Å²) in [4.78, 5) is 13.3. The molecular formula is C28H46O2. The van der Waals surface area contributed by atoms with Gasteiger partial charge in [-0.1, -0.05) is 53.7 Å². The fraction of sp³-hybridized carbons (Fsp3) is 0.893. The lowest BCUT2D eigenvalue weighted by Gasteiger charge is -2.60. The minimum absolute atomic E-state index is 0.0370. The zero-order chi connectivity index (χ0) is 21.8. The molecule has 1 N–H and O–H groups in total. The number of hydrogen-bond donors (Lipinski definition) is 1. The van der Waals surface area contributed by atoms with Crippen molar-refractivity contribution in [2.24, 2.45) is 58.2 Å². The summed E-state index contributed by atoms with van der Waals surface area (Å²) < 4.78 is 0. The highest BCUT2D eigenvalue weighted by Crippen LogP contribution is 2.67. The number of aliphatic hydroxyl groups excluding tert-OH is 1. The highest BCUT2D eigenvalue weighted by atomic mass is 16.3. The summed E-state index contributed by atoms with van der Waals surface area (Å²) in [5, 5.41) is 10.5. The molecule has 4 saturated carbocycles. The highest BCUT2D eigenvalue weighted by Gasteiger charge is 2.62. The highest BCUT2D eigenvalue weighted by molar-refractivity contribution is 5.83. The van der Waals surface area contributed by atoms with Gasteiger partial charge in [-0.3, -0.25) is 4.79 Å². The molecule has 4 fully saturated rings. The summed E-state index contributed by atoms with van der Waals surface area (Å²) >= 11 is 0. The Bertz CT molecular complexity index is 680. The lowest BCUT2D eigenvalue weighted by molar-refractivity contribution is -0.160. The van der Waals surface area contributed by atoms with Gasteiger partial charge in [0, 0.05) is 12.3 Å². The standard InChI is InChI=1S/C28H46O2/c1-17(2)18(3)7-8-19(4)22-11-12-23-21-15-26(30)25-10-9-20(29)16-28(25,6)24(21)13-14-27(22,23)5/h7-8,17-25,29H,9-16H2,1-6H3/b8-7+/t18?,19?,20-,21-,22+,23-,24-,25+,27+,28+/m0/s1. The van der Waals surface area contributed by atoms with Gasteiger partial charge in [0.25, 0.3) is 0 Å². The van der Waals surface area contributed by atoms with Gasteiger partial charge in [-0.25, -0.2) is 0 Å². The van der Waals surface area contributed by atoms with Crippen LogP contribution in [0.1, 0.15) is 92.9 Å². The summed E-state index contributed by atoms with van der Waals surface area (Å²) in [6, 6.07) is 0. The van der Waals surface area contributed by atoms with Crippen molar-refractivity contribution in [2.75, 3.05) is 0 Å². The normalized spacial score (nSPS) is 48.3. The number of carbonyl (C=O) groups is 1. The maximum atomic E-state index is 13.3. The number of fused-ring (bicyclic) bond motifs is 5. The van der Waals surface area contributed by atoms with Crippen LogP contribution in [-0.4, -0.2) is 17.0 Å². The van der Waals surface area contributed by atoms with Crippen molar-refractivity contribution in [3.8, 4) is 0 Å². The third kappa shape index (κ3) is 3.54. The van der Waals surface area contributed by atoms with Gasteiger partial charge in [0.1, 0.15) is 5.78 Å². The fourth-order valence-corrected chi connectivity index (χ4v) is 8.76. The predicted octanol–water partition coefficient (Wildman–Crippen LogP) is 6.67. The van der Waals surface area contributed by atoms with Crippen molar-refractivity contribution in [2.45, 2.75) is 99.0 Å². The van der Waals surface area contributed by atoms with Gasteiger partial charge in [-0.15, -0.1) is 0 Å². The molecule has 0 amide bonds. The van der Waals surface area contributed by atoms with Crippen LogP contribution >= 0.6 is 0 Å². The van der Waals surface area contributed by atoms with Gasteiger partial charge in [0.2, 0.25) is 0 Å². The van der Waals surface area contributed by atoms with Gasteiger partial charge >= 0.3 is 0 Å². The summed E-state index contributed by atoms with van der Waals surface area (Å²) in [7, 11) is 0. The Labute approximate surface area is 185 Å². The number of carbonyl (C=O) groups excluding carboxylic acids is 1. The van der Waals surface area contributed by atoms with Gasteiger partial charge in [-0.2, -0.15) is 0 Å². The average molecular weight is 415 g/mol. The molecule has 0 aromatic heterocycles. The van der Waals surface area contributed by atoms with Gasteiger partial charge in [-0.05, 0) is 97.2 Å². The summed E-state index contributed by atoms with van der Waals surface area (Å²) in [5.74, 6) is 5.33. The molecule has 30 heavy (non-hydrogen) atoms. The van der Waals surface area contributed by atoms with Crippen molar-refractivity contribution in [1.29, 1.82) is 0 Å². The number of Topliss-reactive ketones (excluding diaryl/α,β-unsaturated/α-hetero) is 1. The van der Waals surface area contributed by atoms with Gasteiger partial charge in [0.15, 0.2) is 0 Å². The topological polar surface area (TPSA) is 37.3 Å². The van der Waals surface area contributed by atoms with Crippen molar-refractivity contribution >= 4 is 5.78 Å².